The topological polar surface area (TPSA) is 61.2 Å². The largest absolute Gasteiger partial charge is 0.497 e. The number of hydrogen-bond acceptors (Lipinski definition) is 5. The second kappa shape index (κ2) is 7.80. The Kier molecular flexibility index (Phi) is 4.96. The summed E-state index contributed by atoms with van der Waals surface area (Å²) in [4.78, 5) is 31.5. The van der Waals surface area contributed by atoms with E-state index in [2.05, 4.69) is 0 Å². The summed E-state index contributed by atoms with van der Waals surface area (Å²) in [5.74, 6) is 1.27. The van der Waals surface area contributed by atoms with Gasteiger partial charge in [0, 0.05) is 11.1 Å². The van der Waals surface area contributed by atoms with Crippen molar-refractivity contribution in [2.45, 2.75) is 12.8 Å². The minimum Gasteiger partial charge on any atom is -0.497 e. The lowest BCUT2D eigenvalue weighted by molar-refractivity contribution is -0.105. The summed E-state index contributed by atoms with van der Waals surface area (Å²) in [7, 11) is 1.61. The second-order valence-corrected chi connectivity index (χ2v) is 8.56. The van der Waals surface area contributed by atoms with Crippen LogP contribution in [0, 0.1) is 0 Å². The van der Waals surface area contributed by atoms with Crippen LogP contribution >= 0.6 is 22.9 Å². The van der Waals surface area contributed by atoms with E-state index in [-0.39, 0.29) is 5.56 Å². The molecule has 154 valence electrons. The molecule has 2 heterocycles. The molecule has 0 N–H and O–H groups in total. The molecule has 2 aromatic heterocycles. The Morgan fingerprint density at radius 1 is 1.10 bits per heavy atom. The number of allylic oxidation sites excluding steroid dienone is 1. The van der Waals surface area contributed by atoms with E-state index < -0.39 is 0 Å². The first-order valence-corrected chi connectivity index (χ1v) is 10.9. The first-order chi connectivity index (χ1) is 15.1. The number of aromatic nitrogens is 2. The fourth-order valence-corrected chi connectivity index (χ4v) is 5.45. The molecule has 0 aliphatic heterocycles. The molecule has 0 atom stereocenters. The summed E-state index contributed by atoms with van der Waals surface area (Å²) in [5.41, 5.74) is 2.83. The van der Waals surface area contributed by atoms with Gasteiger partial charge in [-0.3, -0.25) is 14.2 Å². The number of carbonyl (C=O) groups is 1. The average molecular weight is 449 g/mol. The van der Waals surface area contributed by atoms with Crippen molar-refractivity contribution in [3.05, 3.63) is 81.0 Å². The number of aryl methyl sites for hydroxylation is 1. The van der Waals surface area contributed by atoms with Gasteiger partial charge in [-0.15, -0.1) is 11.3 Å². The van der Waals surface area contributed by atoms with E-state index in [0.717, 1.165) is 33.7 Å². The van der Waals surface area contributed by atoms with Crippen molar-refractivity contribution in [3.8, 4) is 22.8 Å². The lowest BCUT2D eigenvalue weighted by atomic mass is 9.97. The van der Waals surface area contributed by atoms with Gasteiger partial charge in [0.2, 0.25) is 0 Å². The number of thiophene rings is 1. The van der Waals surface area contributed by atoms with Crippen LogP contribution in [-0.4, -0.2) is 22.9 Å². The molecule has 1 aliphatic carbocycles. The molecule has 0 spiro atoms. The molecule has 0 unspecified atom stereocenters. The zero-order valence-corrected chi connectivity index (χ0v) is 18.2. The number of halogens is 1. The predicted molar refractivity (Wildman–Crippen MR) is 124 cm³/mol. The summed E-state index contributed by atoms with van der Waals surface area (Å²) < 4.78 is 6.91. The van der Waals surface area contributed by atoms with Gasteiger partial charge in [0.05, 0.1) is 28.1 Å². The van der Waals surface area contributed by atoms with Crippen LogP contribution < -0.4 is 10.3 Å². The van der Waals surface area contributed by atoms with Crippen molar-refractivity contribution in [3.63, 3.8) is 0 Å². The SMILES string of the molecule is COc1ccc(-c2nc3sc4c(c3c(=O)n2-c2ccccc2)CCC(C=O)=C4Cl)cc1. The number of nitrogens with zero attached hydrogens (tertiary/aromatic N) is 2. The highest BCUT2D eigenvalue weighted by Gasteiger charge is 2.26. The minimum atomic E-state index is -0.140. The Bertz CT molecular complexity index is 1400. The maximum atomic E-state index is 13.8. The van der Waals surface area contributed by atoms with E-state index in [0.29, 0.717) is 39.5 Å². The van der Waals surface area contributed by atoms with E-state index in [4.69, 9.17) is 21.3 Å². The van der Waals surface area contributed by atoms with Gasteiger partial charge in [-0.1, -0.05) is 29.8 Å². The van der Waals surface area contributed by atoms with Crippen LogP contribution in [0.3, 0.4) is 0 Å². The van der Waals surface area contributed by atoms with E-state index in [1.165, 1.54) is 11.3 Å². The van der Waals surface area contributed by atoms with Crippen molar-refractivity contribution in [2.75, 3.05) is 7.11 Å². The number of ether oxygens (including phenoxy) is 1. The quantitative estimate of drug-likeness (QED) is 0.402. The van der Waals surface area contributed by atoms with Crippen LogP contribution in [0.2, 0.25) is 0 Å². The van der Waals surface area contributed by atoms with Crippen LogP contribution in [0.15, 0.2) is 65.0 Å². The Morgan fingerprint density at radius 2 is 1.84 bits per heavy atom. The molecule has 2 aromatic carbocycles. The summed E-state index contributed by atoms with van der Waals surface area (Å²) >= 11 is 7.86. The van der Waals surface area contributed by atoms with Crippen molar-refractivity contribution >= 4 is 44.5 Å². The molecule has 0 fully saturated rings. The summed E-state index contributed by atoms with van der Waals surface area (Å²) in [5, 5.41) is 1.00. The highest BCUT2D eigenvalue weighted by Crippen LogP contribution is 2.42. The fraction of sp³-hybridized carbons (Fsp3) is 0.125. The third-order valence-electron chi connectivity index (χ3n) is 5.46. The molecule has 5 rings (SSSR count). The number of para-hydroxylation sites is 1. The van der Waals surface area contributed by atoms with Gasteiger partial charge in [-0.05, 0) is 54.8 Å². The van der Waals surface area contributed by atoms with Crippen molar-refractivity contribution in [2.24, 2.45) is 0 Å². The molecule has 4 aromatic rings. The van der Waals surface area contributed by atoms with Gasteiger partial charge in [-0.25, -0.2) is 4.98 Å². The number of carbonyl (C=O) groups excluding carboxylic acids is 1. The Morgan fingerprint density at radius 3 is 2.52 bits per heavy atom. The smallest absolute Gasteiger partial charge is 0.267 e. The maximum Gasteiger partial charge on any atom is 0.267 e. The molecule has 0 amide bonds. The molecular weight excluding hydrogens is 432 g/mol. The van der Waals surface area contributed by atoms with E-state index >= 15 is 0 Å². The number of fused-ring (bicyclic) bond motifs is 3. The third-order valence-corrected chi connectivity index (χ3v) is 7.14. The van der Waals surface area contributed by atoms with Gasteiger partial charge in [0.25, 0.3) is 5.56 Å². The van der Waals surface area contributed by atoms with Crippen molar-refractivity contribution in [1.29, 1.82) is 0 Å². The van der Waals surface area contributed by atoms with Gasteiger partial charge in [0.15, 0.2) is 0 Å². The molecule has 0 saturated carbocycles. The van der Waals surface area contributed by atoms with Crippen LogP contribution in [0.1, 0.15) is 16.9 Å². The zero-order valence-electron chi connectivity index (χ0n) is 16.6. The molecule has 1 aliphatic rings. The van der Waals surface area contributed by atoms with Crippen molar-refractivity contribution < 1.29 is 9.53 Å². The molecule has 0 bridgehead atoms. The molecule has 5 nitrogen and oxygen atoms in total. The molecule has 0 saturated heterocycles. The molecular formula is C24H17ClN2O3S. The van der Waals surface area contributed by atoms with Crippen LogP contribution in [-0.2, 0) is 11.2 Å². The van der Waals surface area contributed by atoms with Gasteiger partial charge >= 0.3 is 0 Å². The average Bonchev–Trinajstić information content (AvgIpc) is 3.20. The molecule has 7 heteroatoms. The maximum absolute atomic E-state index is 13.8. The number of hydrogen-bond donors (Lipinski definition) is 0. The standard InChI is InChI=1S/C24H17ClN2O3S/c1-30-17-10-7-14(8-11-17)22-26-23-19(24(29)27(22)16-5-3-2-4-6-16)18-12-9-15(13-28)20(25)21(18)31-23/h2-8,10-11,13H,9,12H2,1H3. The predicted octanol–water partition coefficient (Wildman–Crippen LogP) is 5.22. The summed E-state index contributed by atoms with van der Waals surface area (Å²) in [6, 6.07) is 16.9. The summed E-state index contributed by atoms with van der Waals surface area (Å²) in [6.45, 7) is 0. The lowest BCUT2D eigenvalue weighted by Crippen LogP contribution is -2.22. The number of rotatable bonds is 4. The second-order valence-electron chi connectivity index (χ2n) is 7.19. The number of benzene rings is 2. The zero-order chi connectivity index (χ0) is 21.5. The van der Waals surface area contributed by atoms with Crippen LogP contribution in [0.25, 0.3) is 32.3 Å². The normalized spacial score (nSPS) is 13.4. The molecule has 31 heavy (non-hydrogen) atoms. The van der Waals surface area contributed by atoms with Crippen LogP contribution in [0.5, 0.6) is 5.75 Å². The number of aldehydes is 1. The highest BCUT2D eigenvalue weighted by molar-refractivity contribution is 7.20. The van der Waals surface area contributed by atoms with Crippen molar-refractivity contribution in [1.82, 2.24) is 9.55 Å². The van der Waals surface area contributed by atoms with Gasteiger partial charge in [0.1, 0.15) is 22.7 Å². The van der Waals surface area contributed by atoms with Crippen LogP contribution in [0.4, 0.5) is 0 Å². The van der Waals surface area contributed by atoms with Gasteiger partial charge in [-0.2, -0.15) is 0 Å². The molecule has 0 radical (unpaired) electrons. The highest BCUT2D eigenvalue weighted by atomic mass is 35.5. The van der Waals surface area contributed by atoms with E-state index in [1.54, 1.807) is 11.7 Å². The third kappa shape index (κ3) is 3.19. The first-order valence-electron chi connectivity index (χ1n) is 9.75. The Balaban J connectivity index is 1.85. The first kappa shape index (κ1) is 19.7. The minimum absolute atomic E-state index is 0.140. The Hall–Kier alpha value is -3.22. The number of methoxy groups -OCH3 is 1. The summed E-state index contributed by atoms with van der Waals surface area (Å²) in [6.07, 6.45) is 1.91. The Labute approximate surface area is 187 Å². The lowest BCUT2D eigenvalue weighted by Gasteiger charge is -2.15. The van der Waals surface area contributed by atoms with E-state index in [9.17, 15) is 9.59 Å². The monoisotopic (exact) mass is 448 g/mol. The van der Waals surface area contributed by atoms with E-state index in [1.807, 2.05) is 54.6 Å². The van der Waals surface area contributed by atoms with Gasteiger partial charge < -0.3 is 4.74 Å². The fourth-order valence-electron chi connectivity index (χ4n) is 3.90.